The van der Waals surface area contributed by atoms with Crippen molar-refractivity contribution in [1.82, 2.24) is 4.90 Å². The van der Waals surface area contributed by atoms with E-state index in [1.165, 1.54) is 0 Å². The Morgan fingerprint density at radius 1 is 1.24 bits per heavy atom. The highest BCUT2D eigenvalue weighted by Crippen LogP contribution is 2.36. The van der Waals surface area contributed by atoms with E-state index in [1.807, 2.05) is 0 Å². The largest absolute Gasteiger partial charge is 0.415 e. The first kappa shape index (κ1) is 15.1. The molecule has 0 spiro atoms. The predicted octanol–water partition coefficient (Wildman–Crippen LogP) is 2.62. The second-order valence-corrected chi connectivity index (χ2v) is 11.1. The lowest BCUT2D eigenvalue weighted by Gasteiger charge is -2.39. The molecule has 0 aliphatic carbocycles. The van der Waals surface area contributed by atoms with Crippen molar-refractivity contribution >= 4 is 8.32 Å². The minimum absolute atomic E-state index is 0.265. The van der Waals surface area contributed by atoms with E-state index >= 15 is 0 Å². The number of ether oxygens (including phenoxy) is 2. The van der Waals surface area contributed by atoms with Gasteiger partial charge in [0.05, 0.1) is 0 Å². The van der Waals surface area contributed by atoms with Crippen molar-refractivity contribution in [2.75, 3.05) is 26.9 Å². The molecule has 1 aliphatic heterocycles. The van der Waals surface area contributed by atoms with Crippen molar-refractivity contribution in [3.8, 4) is 0 Å². The molecule has 0 unspecified atom stereocenters. The van der Waals surface area contributed by atoms with E-state index in [1.54, 1.807) is 0 Å². The van der Waals surface area contributed by atoms with Crippen molar-refractivity contribution in [3.63, 3.8) is 0 Å². The van der Waals surface area contributed by atoms with Crippen LogP contribution >= 0.6 is 0 Å². The summed E-state index contributed by atoms with van der Waals surface area (Å²) < 4.78 is 16.7. The smallest absolute Gasteiger partial charge is 0.192 e. The molecule has 0 bridgehead atoms. The average molecular weight is 261 g/mol. The summed E-state index contributed by atoms with van der Waals surface area (Å²) in [5.74, 6) is 0. The van der Waals surface area contributed by atoms with Gasteiger partial charge in [0.2, 0.25) is 0 Å². The maximum Gasteiger partial charge on any atom is 0.192 e. The molecule has 1 heterocycles. The summed E-state index contributed by atoms with van der Waals surface area (Å²) in [6.07, 6.45) is 0. The number of nitrogens with zero attached hydrogens (tertiary/aromatic N) is 1. The van der Waals surface area contributed by atoms with Gasteiger partial charge in [0, 0.05) is 12.6 Å². The van der Waals surface area contributed by atoms with Crippen molar-refractivity contribution in [2.24, 2.45) is 0 Å². The molecule has 1 saturated heterocycles. The van der Waals surface area contributed by atoms with Gasteiger partial charge in [-0.2, -0.15) is 0 Å². The highest BCUT2D eigenvalue weighted by atomic mass is 28.4. The van der Waals surface area contributed by atoms with Crippen LogP contribution in [0.5, 0.6) is 0 Å². The van der Waals surface area contributed by atoms with Crippen molar-refractivity contribution < 1.29 is 13.9 Å². The standard InChI is InChI=1S/C12H27NO3Si/c1-11(13-8-14-10-15-9-13)7-16-17(5,6)12(2,3)4/h11H,7-10H2,1-6H3/t11-/m0/s1. The van der Waals surface area contributed by atoms with Crippen LogP contribution in [0.2, 0.25) is 18.1 Å². The first-order valence-electron chi connectivity index (χ1n) is 6.27. The number of rotatable bonds is 4. The van der Waals surface area contributed by atoms with Gasteiger partial charge in [0.15, 0.2) is 8.32 Å². The van der Waals surface area contributed by atoms with E-state index in [0.717, 1.165) is 6.61 Å². The van der Waals surface area contributed by atoms with Gasteiger partial charge < -0.3 is 13.9 Å². The van der Waals surface area contributed by atoms with Crippen LogP contribution in [0.1, 0.15) is 27.7 Å². The summed E-state index contributed by atoms with van der Waals surface area (Å²) >= 11 is 0. The molecule has 17 heavy (non-hydrogen) atoms. The molecule has 1 atom stereocenters. The molecule has 4 nitrogen and oxygen atoms in total. The molecule has 0 N–H and O–H groups in total. The second kappa shape index (κ2) is 5.80. The topological polar surface area (TPSA) is 30.9 Å². The Labute approximate surface area is 106 Å². The third-order valence-electron chi connectivity index (χ3n) is 3.80. The Bertz CT molecular complexity index is 234. The summed E-state index contributed by atoms with van der Waals surface area (Å²) in [7, 11) is -1.64. The van der Waals surface area contributed by atoms with Gasteiger partial charge in [0.25, 0.3) is 0 Å². The van der Waals surface area contributed by atoms with Gasteiger partial charge in [-0.15, -0.1) is 0 Å². The highest BCUT2D eigenvalue weighted by molar-refractivity contribution is 6.74. The van der Waals surface area contributed by atoms with E-state index in [-0.39, 0.29) is 5.04 Å². The molecule has 1 rings (SSSR count). The molecule has 0 saturated carbocycles. The Hall–Kier alpha value is 0.0569. The Kier molecular flexibility index (Phi) is 5.16. The van der Waals surface area contributed by atoms with E-state index in [2.05, 4.69) is 45.7 Å². The highest BCUT2D eigenvalue weighted by Gasteiger charge is 2.37. The fourth-order valence-electron chi connectivity index (χ4n) is 1.31. The maximum absolute atomic E-state index is 6.20. The number of hydrogen-bond acceptors (Lipinski definition) is 4. The first-order valence-corrected chi connectivity index (χ1v) is 9.18. The Morgan fingerprint density at radius 2 is 1.76 bits per heavy atom. The molecular formula is C12H27NO3Si. The van der Waals surface area contributed by atoms with Gasteiger partial charge in [-0.3, -0.25) is 4.90 Å². The van der Waals surface area contributed by atoms with Crippen LogP contribution < -0.4 is 0 Å². The molecule has 0 radical (unpaired) electrons. The fourth-order valence-corrected chi connectivity index (χ4v) is 2.40. The molecular weight excluding hydrogens is 234 g/mol. The summed E-state index contributed by atoms with van der Waals surface area (Å²) in [5, 5.41) is 0.265. The van der Waals surface area contributed by atoms with E-state index in [9.17, 15) is 0 Å². The van der Waals surface area contributed by atoms with E-state index in [0.29, 0.717) is 26.3 Å². The van der Waals surface area contributed by atoms with E-state index < -0.39 is 8.32 Å². The van der Waals surface area contributed by atoms with Gasteiger partial charge in [-0.1, -0.05) is 20.8 Å². The summed E-state index contributed by atoms with van der Waals surface area (Å²) in [6, 6.07) is 0.337. The molecule has 1 fully saturated rings. The lowest BCUT2D eigenvalue weighted by atomic mass is 10.2. The van der Waals surface area contributed by atoms with Crippen molar-refractivity contribution in [3.05, 3.63) is 0 Å². The summed E-state index contributed by atoms with van der Waals surface area (Å²) in [4.78, 5) is 2.15. The maximum atomic E-state index is 6.20. The zero-order valence-corrected chi connectivity index (χ0v) is 13.1. The van der Waals surface area contributed by atoms with Crippen molar-refractivity contribution in [2.45, 2.75) is 51.9 Å². The monoisotopic (exact) mass is 261 g/mol. The van der Waals surface area contributed by atoms with Gasteiger partial charge in [-0.25, -0.2) is 0 Å². The quantitative estimate of drug-likeness (QED) is 0.728. The average Bonchev–Trinajstić information content (AvgIpc) is 2.25. The molecule has 0 aromatic carbocycles. The third kappa shape index (κ3) is 4.33. The number of hydrogen-bond donors (Lipinski definition) is 0. The van der Waals surface area contributed by atoms with Crippen LogP contribution in [-0.2, 0) is 13.9 Å². The van der Waals surface area contributed by atoms with Gasteiger partial charge in [-0.05, 0) is 25.1 Å². The zero-order valence-electron chi connectivity index (χ0n) is 12.1. The lowest BCUT2D eigenvalue weighted by Crippen LogP contribution is -2.47. The molecule has 102 valence electrons. The molecule has 0 amide bonds. The van der Waals surface area contributed by atoms with Gasteiger partial charge >= 0.3 is 0 Å². The normalized spacial score (nSPS) is 21.5. The first-order chi connectivity index (χ1) is 7.74. The summed E-state index contributed by atoms with van der Waals surface area (Å²) in [5.41, 5.74) is 0. The predicted molar refractivity (Wildman–Crippen MR) is 71.2 cm³/mol. The minimum atomic E-state index is -1.64. The van der Waals surface area contributed by atoms with Crippen LogP contribution in [0.25, 0.3) is 0 Å². The van der Waals surface area contributed by atoms with Crippen molar-refractivity contribution in [1.29, 1.82) is 0 Å². The molecule has 5 heteroatoms. The van der Waals surface area contributed by atoms with Crippen LogP contribution in [0.3, 0.4) is 0 Å². The second-order valence-electron chi connectivity index (χ2n) is 6.29. The lowest BCUT2D eigenvalue weighted by molar-refractivity contribution is -0.195. The fraction of sp³-hybridized carbons (Fsp3) is 1.00. The van der Waals surface area contributed by atoms with Crippen LogP contribution in [-0.4, -0.2) is 46.1 Å². The summed E-state index contributed by atoms with van der Waals surface area (Å²) in [6.45, 7) is 15.9. The molecule has 1 aliphatic rings. The molecule has 0 aromatic rings. The Balaban J connectivity index is 2.39. The van der Waals surface area contributed by atoms with Gasteiger partial charge in [0.1, 0.15) is 20.3 Å². The van der Waals surface area contributed by atoms with Crippen LogP contribution in [0.4, 0.5) is 0 Å². The minimum Gasteiger partial charge on any atom is -0.415 e. The van der Waals surface area contributed by atoms with E-state index in [4.69, 9.17) is 13.9 Å². The SMILES string of the molecule is C[C@@H](CO[Si](C)(C)C(C)(C)C)N1COCOC1. The van der Waals surface area contributed by atoms with Crippen LogP contribution in [0.15, 0.2) is 0 Å². The van der Waals surface area contributed by atoms with Crippen LogP contribution in [0, 0.1) is 0 Å². The molecule has 0 aromatic heterocycles. The zero-order chi connectivity index (χ0) is 13.1. The Morgan fingerprint density at radius 3 is 2.24 bits per heavy atom. The third-order valence-corrected chi connectivity index (χ3v) is 8.30.